The normalized spacial score (nSPS) is 16.5. The zero-order valence-electron chi connectivity index (χ0n) is 9.86. The Kier molecular flexibility index (Phi) is 4.86. The second-order valence-corrected chi connectivity index (χ2v) is 4.42. The van der Waals surface area contributed by atoms with Gasteiger partial charge < -0.3 is 15.4 Å². The number of amides is 1. The molecule has 98 valence electrons. The van der Waals surface area contributed by atoms with E-state index in [0.717, 1.165) is 25.9 Å². The van der Waals surface area contributed by atoms with E-state index in [2.05, 4.69) is 20.6 Å². The van der Waals surface area contributed by atoms with Crippen LogP contribution in [0.15, 0.2) is 12.4 Å². The molecule has 2 rings (SSSR count). The quantitative estimate of drug-likeness (QED) is 0.793. The van der Waals surface area contributed by atoms with Gasteiger partial charge in [-0.2, -0.15) is 0 Å². The highest BCUT2D eigenvalue weighted by Gasteiger charge is 2.15. The lowest BCUT2D eigenvalue weighted by Gasteiger charge is -2.22. The number of hydrogen-bond donors (Lipinski definition) is 2. The average Bonchev–Trinajstić information content (AvgIpc) is 2.38. The molecular formula is C11H15ClN4O2. The van der Waals surface area contributed by atoms with Crippen LogP contribution in [0.2, 0.25) is 5.15 Å². The van der Waals surface area contributed by atoms with Gasteiger partial charge in [0, 0.05) is 6.07 Å². The minimum absolute atomic E-state index is 0.0340. The summed E-state index contributed by atoms with van der Waals surface area (Å²) in [5.74, 6) is 0.150. The summed E-state index contributed by atoms with van der Waals surface area (Å²) >= 11 is 5.69. The van der Waals surface area contributed by atoms with Gasteiger partial charge in [0.25, 0.3) is 5.91 Å². The number of halogens is 1. The number of nitrogens with zero attached hydrogens (tertiary/aromatic N) is 2. The van der Waals surface area contributed by atoms with Crippen LogP contribution in [0.25, 0.3) is 0 Å². The van der Waals surface area contributed by atoms with Crippen LogP contribution in [0.4, 0.5) is 5.82 Å². The summed E-state index contributed by atoms with van der Waals surface area (Å²) in [6.45, 7) is 1.91. The van der Waals surface area contributed by atoms with E-state index in [9.17, 15) is 4.79 Å². The first-order valence-corrected chi connectivity index (χ1v) is 6.21. The maximum Gasteiger partial charge on any atom is 0.251 e. The van der Waals surface area contributed by atoms with Gasteiger partial charge in [-0.25, -0.2) is 9.97 Å². The van der Waals surface area contributed by atoms with Gasteiger partial charge in [-0.05, 0) is 25.9 Å². The Balaban J connectivity index is 1.74. The lowest BCUT2D eigenvalue weighted by atomic mass is 10.1. The summed E-state index contributed by atoms with van der Waals surface area (Å²) in [6, 6.07) is 1.49. The number of rotatable bonds is 4. The molecule has 2 N–H and O–H groups in total. The monoisotopic (exact) mass is 270 g/mol. The van der Waals surface area contributed by atoms with Crippen LogP contribution in [0.1, 0.15) is 12.8 Å². The fraction of sp³-hybridized carbons (Fsp3) is 0.545. The van der Waals surface area contributed by atoms with Crippen molar-refractivity contribution in [1.29, 1.82) is 0 Å². The summed E-state index contributed by atoms with van der Waals surface area (Å²) in [4.78, 5) is 19.2. The SMILES string of the molecule is O=C(COC1CCNCC1)Nc1cc(Cl)ncn1. The lowest BCUT2D eigenvalue weighted by molar-refractivity contribution is -0.123. The number of nitrogens with one attached hydrogen (secondary N) is 2. The standard InChI is InChI=1S/C11H15ClN4O2/c12-9-5-10(15-7-14-9)16-11(17)6-18-8-1-3-13-4-2-8/h5,7-8,13H,1-4,6H2,(H,14,15,16,17). The van der Waals surface area contributed by atoms with Crippen LogP contribution in [0.5, 0.6) is 0 Å². The van der Waals surface area contributed by atoms with Gasteiger partial charge >= 0.3 is 0 Å². The summed E-state index contributed by atoms with van der Waals surface area (Å²) in [6.07, 6.45) is 3.33. The fourth-order valence-electron chi connectivity index (χ4n) is 1.74. The van der Waals surface area contributed by atoms with Crippen molar-refractivity contribution >= 4 is 23.3 Å². The molecule has 0 unspecified atom stereocenters. The molecule has 1 aliphatic rings. The van der Waals surface area contributed by atoms with Gasteiger partial charge in [0.1, 0.15) is 23.9 Å². The molecule has 0 saturated carbocycles. The van der Waals surface area contributed by atoms with E-state index < -0.39 is 0 Å². The highest BCUT2D eigenvalue weighted by molar-refractivity contribution is 6.29. The summed E-state index contributed by atoms with van der Waals surface area (Å²) < 4.78 is 5.52. The molecule has 7 heteroatoms. The Hall–Kier alpha value is -1.24. The third-order valence-electron chi connectivity index (χ3n) is 2.64. The van der Waals surface area contributed by atoms with E-state index in [1.807, 2.05) is 0 Å². The topological polar surface area (TPSA) is 76.1 Å². The van der Waals surface area contributed by atoms with Gasteiger partial charge in [-0.1, -0.05) is 11.6 Å². The first kappa shape index (κ1) is 13.2. The summed E-state index contributed by atoms with van der Waals surface area (Å²) in [5, 5.41) is 6.13. The zero-order valence-corrected chi connectivity index (χ0v) is 10.6. The summed E-state index contributed by atoms with van der Waals surface area (Å²) in [5.41, 5.74) is 0. The van der Waals surface area contributed by atoms with E-state index in [1.54, 1.807) is 0 Å². The molecule has 0 bridgehead atoms. The van der Waals surface area contributed by atoms with E-state index in [-0.39, 0.29) is 18.6 Å². The van der Waals surface area contributed by atoms with Crippen molar-refractivity contribution in [3.05, 3.63) is 17.5 Å². The minimum Gasteiger partial charge on any atom is -0.368 e. The van der Waals surface area contributed by atoms with Crippen molar-refractivity contribution in [3.8, 4) is 0 Å². The molecule has 1 aromatic rings. The molecule has 18 heavy (non-hydrogen) atoms. The molecular weight excluding hydrogens is 256 g/mol. The van der Waals surface area contributed by atoms with Crippen molar-refractivity contribution in [2.45, 2.75) is 18.9 Å². The molecule has 1 saturated heterocycles. The number of anilines is 1. The van der Waals surface area contributed by atoms with E-state index in [0.29, 0.717) is 11.0 Å². The minimum atomic E-state index is -0.233. The predicted molar refractivity (Wildman–Crippen MR) is 67.5 cm³/mol. The molecule has 0 spiro atoms. The van der Waals surface area contributed by atoms with Crippen LogP contribution < -0.4 is 10.6 Å². The molecule has 1 aliphatic heterocycles. The lowest BCUT2D eigenvalue weighted by Crippen LogP contribution is -2.34. The van der Waals surface area contributed by atoms with Crippen LogP contribution in [0, 0.1) is 0 Å². The average molecular weight is 271 g/mol. The van der Waals surface area contributed by atoms with E-state index >= 15 is 0 Å². The Morgan fingerprint density at radius 1 is 1.50 bits per heavy atom. The van der Waals surface area contributed by atoms with Crippen LogP contribution >= 0.6 is 11.6 Å². The molecule has 1 amide bonds. The predicted octanol–water partition coefficient (Wildman–Crippen LogP) is 0.837. The zero-order chi connectivity index (χ0) is 12.8. The molecule has 6 nitrogen and oxygen atoms in total. The largest absolute Gasteiger partial charge is 0.368 e. The highest BCUT2D eigenvalue weighted by atomic mass is 35.5. The first-order chi connectivity index (χ1) is 8.74. The van der Waals surface area contributed by atoms with Crippen molar-refractivity contribution in [3.63, 3.8) is 0 Å². The van der Waals surface area contributed by atoms with Gasteiger partial charge in [-0.15, -0.1) is 0 Å². The van der Waals surface area contributed by atoms with Gasteiger partial charge in [-0.3, -0.25) is 4.79 Å². The molecule has 0 aromatic carbocycles. The molecule has 0 atom stereocenters. The van der Waals surface area contributed by atoms with E-state index in [4.69, 9.17) is 16.3 Å². The van der Waals surface area contributed by atoms with Crippen molar-refractivity contribution in [2.75, 3.05) is 25.0 Å². The molecule has 0 aliphatic carbocycles. The number of piperidine rings is 1. The molecule has 1 fully saturated rings. The number of hydrogen-bond acceptors (Lipinski definition) is 5. The second kappa shape index (κ2) is 6.63. The van der Waals surface area contributed by atoms with Crippen LogP contribution in [0.3, 0.4) is 0 Å². The highest BCUT2D eigenvalue weighted by Crippen LogP contribution is 2.09. The molecule has 2 heterocycles. The number of aromatic nitrogens is 2. The molecule has 1 aromatic heterocycles. The Labute approximate surface area is 110 Å². The van der Waals surface area contributed by atoms with Gasteiger partial charge in [0.15, 0.2) is 0 Å². The number of ether oxygens (including phenoxy) is 1. The number of carbonyl (C=O) groups excluding carboxylic acids is 1. The smallest absolute Gasteiger partial charge is 0.251 e. The first-order valence-electron chi connectivity index (χ1n) is 5.84. The Morgan fingerprint density at radius 2 is 2.28 bits per heavy atom. The maximum absolute atomic E-state index is 11.6. The third-order valence-corrected chi connectivity index (χ3v) is 2.84. The third kappa shape index (κ3) is 4.21. The Morgan fingerprint density at radius 3 is 3.00 bits per heavy atom. The van der Waals surface area contributed by atoms with Gasteiger partial charge in [0.05, 0.1) is 6.10 Å². The van der Waals surface area contributed by atoms with E-state index in [1.165, 1.54) is 12.4 Å². The molecule has 0 radical (unpaired) electrons. The second-order valence-electron chi connectivity index (χ2n) is 4.03. The van der Waals surface area contributed by atoms with Crippen molar-refractivity contribution < 1.29 is 9.53 Å². The summed E-state index contributed by atoms with van der Waals surface area (Å²) in [7, 11) is 0. The van der Waals surface area contributed by atoms with Crippen molar-refractivity contribution in [2.24, 2.45) is 0 Å². The fourth-order valence-corrected chi connectivity index (χ4v) is 1.88. The maximum atomic E-state index is 11.6. The Bertz CT molecular complexity index is 410. The van der Waals surface area contributed by atoms with Crippen LogP contribution in [-0.4, -0.2) is 41.7 Å². The van der Waals surface area contributed by atoms with Crippen molar-refractivity contribution in [1.82, 2.24) is 15.3 Å². The van der Waals surface area contributed by atoms with Gasteiger partial charge in [0.2, 0.25) is 0 Å². The van der Waals surface area contributed by atoms with Crippen LogP contribution in [-0.2, 0) is 9.53 Å². The number of carbonyl (C=O) groups is 1.